The van der Waals surface area contributed by atoms with Crippen LogP contribution in [0.3, 0.4) is 0 Å². The number of anilines is 1. The molecule has 1 aromatic carbocycles. The highest BCUT2D eigenvalue weighted by Gasteiger charge is 2.15. The number of aryl methyl sites for hydroxylation is 1. The summed E-state index contributed by atoms with van der Waals surface area (Å²) in [5.74, 6) is -0.450. The molecule has 0 fully saturated rings. The van der Waals surface area contributed by atoms with Gasteiger partial charge >= 0.3 is 0 Å². The van der Waals surface area contributed by atoms with E-state index in [1.54, 1.807) is 11.0 Å². The van der Waals surface area contributed by atoms with Crippen molar-refractivity contribution in [1.82, 2.24) is 9.88 Å². The molecule has 126 valence electrons. The number of benzene rings is 1. The number of pyridine rings is 1. The van der Waals surface area contributed by atoms with Gasteiger partial charge in [0.25, 0.3) is 11.8 Å². The molecule has 0 saturated carbocycles. The van der Waals surface area contributed by atoms with Crippen LogP contribution in [-0.2, 0) is 0 Å². The molecule has 1 N–H and O–H groups in total. The molecular weight excluding hydrogens is 370 g/mol. The van der Waals surface area contributed by atoms with Crippen molar-refractivity contribution in [3.63, 3.8) is 0 Å². The number of hydrogen-bond donors (Lipinski definition) is 1. The number of halogens is 1. The van der Waals surface area contributed by atoms with Crippen LogP contribution in [0.25, 0.3) is 0 Å². The van der Waals surface area contributed by atoms with Gasteiger partial charge in [-0.1, -0.05) is 22.0 Å². The summed E-state index contributed by atoms with van der Waals surface area (Å²) in [4.78, 5) is 30.5. The van der Waals surface area contributed by atoms with E-state index < -0.39 is 0 Å². The number of nitrogens with zero attached hydrogens (tertiary/aromatic N) is 2. The van der Waals surface area contributed by atoms with Crippen LogP contribution in [0.15, 0.2) is 41.0 Å². The Hall–Kier alpha value is -2.21. The minimum absolute atomic E-state index is 0.102. The van der Waals surface area contributed by atoms with Gasteiger partial charge in [0.2, 0.25) is 0 Å². The number of aromatic nitrogens is 1. The van der Waals surface area contributed by atoms with Gasteiger partial charge in [-0.2, -0.15) is 0 Å². The molecule has 24 heavy (non-hydrogen) atoms. The Labute approximate surface area is 150 Å². The maximum atomic E-state index is 12.4. The summed E-state index contributed by atoms with van der Waals surface area (Å²) in [5.41, 5.74) is 2.42. The molecule has 1 aromatic heterocycles. The molecule has 0 saturated heterocycles. The fourth-order valence-corrected chi connectivity index (χ4v) is 2.63. The van der Waals surface area contributed by atoms with Gasteiger partial charge in [-0.15, -0.1) is 0 Å². The van der Waals surface area contributed by atoms with Gasteiger partial charge in [0, 0.05) is 35.0 Å². The van der Waals surface area contributed by atoms with Crippen molar-refractivity contribution in [2.45, 2.75) is 20.8 Å². The second-order valence-corrected chi connectivity index (χ2v) is 6.18. The number of rotatable bonds is 5. The van der Waals surface area contributed by atoms with Crippen molar-refractivity contribution in [3.8, 4) is 0 Å². The topological polar surface area (TPSA) is 62.3 Å². The summed E-state index contributed by atoms with van der Waals surface area (Å²) in [5, 5.41) is 2.79. The molecule has 0 aliphatic carbocycles. The van der Waals surface area contributed by atoms with E-state index in [1.807, 2.05) is 39.0 Å². The summed E-state index contributed by atoms with van der Waals surface area (Å²) in [6.45, 7) is 7.06. The number of carbonyl (C=O) groups is 2. The van der Waals surface area contributed by atoms with Crippen LogP contribution < -0.4 is 5.32 Å². The molecule has 2 amide bonds. The molecule has 6 heteroatoms. The molecule has 0 aliphatic rings. The molecule has 0 bridgehead atoms. The van der Waals surface area contributed by atoms with Gasteiger partial charge in [0.15, 0.2) is 0 Å². The Balaban J connectivity index is 2.19. The first-order valence-corrected chi connectivity index (χ1v) is 8.58. The maximum absolute atomic E-state index is 12.4. The van der Waals surface area contributed by atoms with Crippen LogP contribution >= 0.6 is 15.9 Å². The highest BCUT2D eigenvalue weighted by Crippen LogP contribution is 2.21. The van der Waals surface area contributed by atoms with E-state index in [2.05, 4.69) is 26.2 Å². The third kappa shape index (κ3) is 4.20. The zero-order valence-corrected chi connectivity index (χ0v) is 15.6. The first kappa shape index (κ1) is 18.1. The highest BCUT2D eigenvalue weighted by atomic mass is 79.9. The fourth-order valence-electron chi connectivity index (χ4n) is 2.25. The van der Waals surface area contributed by atoms with E-state index in [4.69, 9.17) is 0 Å². The van der Waals surface area contributed by atoms with E-state index in [9.17, 15) is 9.59 Å². The van der Waals surface area contributed by atoms with Gasteiger partial charge in [0.05, 0.1) is 0 Å². The lowest BCUT2D eigenvalue weighted by molar-refractivity contribution is 0.0773. The lowest BCUT2D eigenvalue weighted by atomic mass is 10.2. The molecule has 0 radical (unpaired) electrons. The van der Waals surface area contributed by atoms with E-state index in [0.29, 0.717) is 24.3 Å². The predicted octanol–water partition coefficient (Wildman–Crippen LogP) is 3.89. The van der Waals surface area contributed by atoms with Crippen molar-refractivity contribution in [3.05, 3.63) is 57.8 Å². The molecular formula is C18H20BrN3O2. The maximum Gasteiger partial charge on any atom is 0.274 e. The van der Waals surface area contributed by atoms with E-state index >= 15 is 0 Å². The van der Waals surface area contributed by atoms with Crippen LogP contribution in [-0.4, -0.2) is 34.8 Å². The van der Waals surface area contributed by atoms with Gasteiger partial charge in [-0.25, -0.2) is 0 Å². The van der Waals surface area contributed by atoms with Crippen molar-refractivity contribution >= 4 is 33.4 Å². The van der Waals surface area contributed by atoms with Crippen molar-refractivity contribution in [2.75, 3.05) is 18.4 Å². The Morgan fingerprint density at radius 1 is 1.17 bits per heavy atom. The summed E-state index contributed by atoms with van der Waals surface area (Å²) in [6.07, 6.45) is 1.48. The Kier molecular flexibility index (Phi) is 6.09. The number of carbonyl (C=O) groups excluding carboxylic acids is 2. The van der Waals surface area contributed by atoms with Gasteiger partial charge in [-0.3, -0.25) is 14.6 Å². The Bertz CT molecular complexity index is 758. The molecule has 0 atom stereocenters. The first-order valence-electron chi connectivity index (χ1n) is 7.79. The fraction of sp³-hybridized carbons (Fsp3) is 0.278. The lowest BCUT2D eigenvalue weighted by Crippen LogP contribution is -2.30. The molecule has 0 spiro atoms. The number of amides is 2. The number of hydrogen-bond acceptors (Lipinski definition) is 3. The molecule has 0 aliphatic heterocycles. The van der Waals surface area contributed by atoms with Crippen LogP contribution in [0.2, 0.25) is 0 Å². The van der Waals surface area contributed by atoms with Crippen LogP contribution in [0.1, 0.15) is 40.3 Å². The Morgan fingerprint density at radius 2 is 1.88 bits per heavy atom. The van der Waals surface area contributed by atoms with Crippen LogP contribution in [0, 0.1) is 6.92 Å². The van der Waals surface area contributed by atoms with Crippen molar-refractivity contribution in [1.29, 1.82) is 0 Å². The molecule has 2 aromatic rings. The molecule has 1 heterocycles. The summed E-state index contributed by atoms with van der Waals surface area (Å²) >= 11 is 3.44. The van der Waals surface area contributed by atoms with E-state index in [0.717, 1.165) is 10.0 Å². The monoisotopic (exact) mass is 389 g/mol. The zero-order chi connectivity index (χ0) is 17.7. The van der Waals surface area contributed by atoms with E-state index in [-0.39, 0.29) is 17.5 Å². The van der Waals surface area contributed by atoms with Crippen LogP contribution in [0.4, 0.5) is 5.69 Å². The molecule has 2 rings (SSSR count). The highest BCUT2D eigenvalue weighted by molar-refractivity contribution is 9.10. The summed E-state index contributed by atoms with van der Waals surface area (Å²) in [7, 11) is 0. The van der Waals surface area contributed by atoms with Crippen molar-refractivity contribution in [2.24, 2.45) is 0 Å². The third-order valence-electron chi connectivity index (χ3n) is 3.72. The minimum Gasteiger partial charge on any atom is -0.339 e. The first-order chi connectivity index (χ1) is 11.5. The van der Waals surface area contributed by atoms with Gasteiger partial charge in [0.1, 0.15) is 5.69 Å². The SMILES string of the molecule is CCN(CC)C(=O)c1ccnc(C(=O)Nc2ccc(C)c(Br)c2)c1. The second-order valence-electron chi connectivity index (χ2n) is 5.33. The average molecular weight is 390 g/mol. The third-order valence-corrected chi connectivity index (χ3v) is 4.57. The summed E-state index contributed by atoms with van der Waals surface area (Å²) in [6, 6.07) is 8.72. The smallest absolute Gasteiger partial charge is 0.274 e. The lowest BCUT2D eigenvalue weighted by Gasteiger charge is -2.18. The van der Waals surface area contributed by atoms with Gasteiger partial charge in [-0.05, 0) is 50.6 Å². The second kappa shape index (κ2) is 8.06. The largest absolute Gasteiger partial charge is 0.339 e. The van der Waals surface area contributed by atoms with E-state index in [1.165, 1.54) is 12.3 Å². The Morgan fingerprint density at radius 3 is 2.50 bits per heavy atom. The predicted molar refractivity (Wildman–Crippen MR) is 98.3 cm³/mol. The number of nitrogens with one attached hydrogen (secondary N) is 1. The van der Waals surface area contributed by atoms with Crippen molar-refractivity contribution < 1.29 is 9.59 Å². The molecule has 5 nitrogen and oxygen atoms in total. The van der Waals surface area contributed by atoms with Crippen LogP contribution in [0.5, 0.6) is 0 Å². The standard InChI is InChI=1S/C18H20BrN3O2/c1-4-22(5-2)18(24)13-8-9-20-16(10-13)17(23)21-14-7-6-12(3)15(19)11-14/h6-11H,4-5H2,1-3H3,(H,21,23). The molecule has 0 unspecified atom stereocenters. The quantitative estimate of drug-likeness (QED) is 0.843. The average Bonchev–Trinajstić information content (AvgIpc) is 2.59. The zero-order valence-electron chi connectivity index (χ0n) is 14.0. The normalized spacial score (nSPS) is 10.3. The minimum atomic E-state index is -0.347. The summed E-state index contributed by atoms with van der Waals surface area (Å²) < 4.78 is 0.915. The van der Waals surface area contributed by atoms with Gasteiger partial charge < -0.3 is 10.2 Å².